The fourth-order valence-electron chi connectivity index (χ4n) is 5.36. The predicted octanol–water partition coefficient (Wildman–Crippen LogP) is 6.06. The van der Waals surface area contributed by atoms with E-state index in [1.165, 1.54) is 33.2 Å². The number of aryl methyl sites for hydroxylation is 1. The Morgan fingerprint density at radius 2 is 1.75 bits per heavy atom. The van der Waals surface area contributed by atoms with Crippen LogP contribution in [0.2, 0.25) is 0 Å². The second-order valence-corrected chi connectivity index (χ2v) is 9.88. The zero-order valence-electron chi connectivity index (χ0n) is 21.0. The van der Waals surface area contributed by atoms with Crippen molar-refractivity contribution in [2.75, 3.05) is 19.6 Å². The molecule has 2 N–H and O–H groups in total. The summed E-state index contributed by atoms with van der Waals surface area (Å²) in [6, 6.07) is 27.8. The molecule has 188 valence electrons. The van der Waals surface area contributed by atoms with E-state index in [0.29, 0.717) is 12.3 Å². The molecular weight excluding hydrogens is 466 g/mol. The Hall–Kier alpha value is -3.08. The Balaban J connectivity index is 0.00000304. The lowest BCUT2D eigenvalue weighted by Gasteiger charge is -2.23. The first kappa shape index (κ1) is 26.0. The molecule has 36 heavy (non-hydrogen) atoms. The molecule has 3 aromatic carbocycles. The lowest BCUT2D eigenvalue weighted by atomic mass is 9.87. The minimum atomic E-state index is 0. The van der Waals surface area contributed by atoms with E-state index >= 15 is 0 Å². The van der Waals surface area contributed by atoms with Crippen molar-refractivity contribution in [2.45, 2.75) is 38.6 Å². The molecular formula is C31H36ClN3O. The molecule has 5 heteroatoms. The molecule has 1 amide bonds. The maximum Gasteiger partial charge on any atom is 0.220 e. The lowest BCUT2D eigenvalue weighted by molar-refractivity contribution is -0.121. The van der Waals surface area contributed by atoms with Crippen LogP contribution >= 0.6 is 12.4 Å². The van der Waals surface area contributed by atoms with Crippen LogP contribution in [0.15, 0.2) is 85.1 Å². The van der Waals surface area contributed by atoms with Crippen molar-refractivity contribution in [3.63, 3.8) is 0 Å². The van der Waals surface area contributed by atoms with Gasteiger partial charge in [0.2, 0.25) is 5.91 Å². The molecule has 0 radical (unpaired) electrons. The normalized spacial score (nSPS) is 14.8. The summed E-state index contributed by atoms with van der Waals surface area (Å²) in [5, 5.41) is 7.89. The van der Waals surface area contributed by atoms with Gasteiger partial charge in [0.15, 0.2) is 0 Å². The first-order chi connectivity index (χ1) is 17.2. The van der Waals surface area contributed by atoms with Gasteiger partial charge >= 0.3 is 0 Å². The van der Waals surface area contributed by atoms with E-state index in [-0.39, 0.29) is 24.2 Å². The monoisotopic (exact) mass is 501 g/mol. The van der Waals surface area contributed by atoms with Crippen LogP contribution in [0.4, 0.5) is 0 Å². The average Bonchev–Trinajstić information content (AvgIpc) is 3.25. The van der Waals surface area contributed by atoms with E-state index in [4.69, 9.17) is 0 Å². The van der Waals surface area contributed by atoms with Crippen LogP contribution in [0.3, 0.4) is 0 Å². The van der Waals surface area contributed by atoms with E-state index in [2.05, 4.69) is 107 Å². The van der Waals surface area contributed by atoms with Crippen LogP contribution in [-0.2, 0) is 11.3 Å². The molecule has 0 saturated carbocycles. The molecule has 1 fully saturated rings. The Morgan fingerprint density at radius 1 is 1.00 bits per heavy atom. The number of carbonyl (C=O) groups excluding carboxylic acids is 1. The number of fused-ring (bicyclic) bond motifs is 1. The van der Waals surface area contributed by atoms with Gasteiger partial charge in [0, 0.05) is 42.5 Å². The fourth-order valence-corrected chi connectivity index (χ4v) is 5.36. The Bertz CT molecular complexity index is 1280. The highest BCUT2D eigenvalue weighted by molar-refractivity contribution is 5.87. The van der Waals surface area contributed by atoms with Gasteiger partial charge in [-0.2, -0.15) is 0 Å². The number of halogens is 1. The third-order valence-electron chi connectivity index (χ3n) is 7.27. The smallest absolute Gasteiger partial charge is 0.220 e. The second-order valence-electron chi connectivity index (χ2n) is 9.88. The van der Waals surface area contributed by atoms with E-state index in [1.807, 2.05) is 0 Å². The summed E-state index contributed by atoms with van der Waals surface area (Å²) in [4.78, 5) is 13.2. The van der Waals surface area contributed by atoms with Gasteiger partial charge in [-0.25, -0.2) is 0 Å². The Kier molecular flexibility index (Phi) is 8.84. The summed E-state index contributed by atoms with van der Waals surface area (Å²) in [5.74, 6) is 0.713. The molecule has 4 aromatic rings. The van der Waals surface area contributed by atoms with Crippen molar-refractivity contribution >= 4 is 29.2 Å². The van der Waals surface area contributed by atoms with Crippen LogP contribution < -0.4 is 10.6 Å². The average molecular weight is 502 g/mol. The van der Waals surface area contributed by atoms with Gasteiger partial charge in [0.05, 0.1) is 0 Å². The number of piperidine rings is 1. The van der Waals surface area contributed by atoms with Crippen LogP contribution in [0.5, 0.6) is 0 Å². The second kappa shape index (κ2) is 12.2. The van der Waals surface area contributed by atoms with Gasteiger partial charge in [0.25, 0.3) is 0 Å². The maximum atomic E-state index is 13.2. The molecule has 1 aromatic heterocycles. The SMILES string of the molecule is Cc1cccc(C(CC(=O)NCC2CCNCC2)c2cn(Cc3ccccc3)c3ccccc23)c1.Cl. The molecule has 2 heterocycles. The molecule has 4 nitrogen and oxygen atoms in total. The van der Waals surface area contributed by atoms with Crippen molar-refractivity contribution in [1.29, 1.82) is 0 Å². The van der Waals surface area contributed by atoms with Crippen molar-refractivity contribution < 1.29 is 4.79 Å². The quantitative estimate of drug-likeness (QED) is 0.308. The van der Waals surface area contributed by atoms with Gasteiger partial charge < -0.3 is 15.2 Å². The van der Waals surface area contributed by atoms with Crippen molar-refractivity contribution in [3.8, 4) is 0 Å². The van der Waals surface area contributed by atoms with Crippen molar-refractivity contribution in [3.05, 3.63) is 107 Å². The van der Waals surface area contributed by atoms with Crippen molar-refractivity contribution in [1.82, 2.24) is 15.2 Å². The van der Waals surface area contributed by atoms with E-state index in [0.717, 1.165) is 39.0 Å². The van der Waals surface area contributed by atoms with Gasteiger partial charge in [-0.1, -0.05) is 78.4 Å². The first-order valence-corrected chi connectivity index (χ1v) is 12.8. The molecule has 0 bridgehead atoms. The molecule has 1 aliphatic heterocycles. The first-order valence-electron chi connectivity index (χ1n) is 12.8. The van der Waals surface area contributed by atoms with Gasteiger partial charge in [0.1, 0.15) is 0 Å². The fraction of sp³-hybridized carbons (Fsp3) is 0.323. The number of benzene rings is 3. The molecule has 1 atom stereocenters. The number of carbonyl (C=O) groups is 1. The number of hydrogen-bond acceptors (Lipinski definition) is 2. The number of nitrogens with zero attached hydrogens (tertiary/aromatic N) is 1. The predicted molar refractivity (Wildman–Crippen MR) is 151 cm³/mol. The molecule has 0 aliphatic carbocycles. The van der Waals surface area contributed by atoms with E-state index < -0.39 is 0 Å². The number of rotatable bonds is 8. The van der Waals surface area contributed by atoms with Crippen LogP contribution in [-0.4, -0.2) is 30.1 Å². The largest absolute Gasteiger partial charge is 0.356 e. The highest BCUT2D eigenvalue weighted by Crippen LogP contribution is 2.35. The zero-order chi connectivity index (χ0) is 24.0. The summed E-state index contributed by atoms with van der Waals surface area (Å²) >= 11 is 0. The summed E-state index contributed by atoms with van der Waals surface area (Å²) in [6.45, 7) is 5.80. The molecule has 0 spiro atoms. The summed E-state index contributed by atoms with van der Waals surface area (Å²) in [7, 11) is 0. The lowest BCUT2D eigenvalue weighted by Crippen LogP contribution is -2.36. The van der Waals surface area contributed by atoms with Crippen LogP contribution in [0.1, 0.15) is 47.4 Å². The molecule has 1 aliphatic rings. The molecule has 5 rings (SSSR count). The topological polar surface area (TPSA) is 46.1 Å². The number of amides is 1. The van der Waals surface area contributed by atoms with Gasteiger partial charge in [-0.3, -0.25) is 4.79 Å². The highest BCUT2D eigenvalue weighted by Gasteiger charge is 2.24. The van der Waals surface area contributed by atoms with Gasteiger partial charge in [-0.15, -0.1) is 12.4 Å². The summed E-state index contributed by atoms with van der Waals surface area (Å²) in [5.41, 5.74) is 6.12. The Labute approximate surface area is 220 Å². The van der Waals surface area contributed by atoms with Crippen LogP contribution in [0.25, 0.3) is 10.9 Å². The number of hydrogen-bond donors (Lipinski definition) is 2. The summed E-state index contributed by atoms with van der Waals surface area (Å²) in [6.07, 6.45) is 4.99. The number of nitrogens with one attached hydrogen (secondary N) is 2. The minimum absolute atomic E-state index is 0. The number of aromatic nitrogens is 1. The van der Waals surface area contributed by atoms with E-state index in [9.17, 15) is 4.79 Å². The highest BCUT2D eigenvalue weighted by atomic mass is 35.5. The zero-order valence-corrected chi connectivity index (χ0v) is 21.8. The third-order valence-corrected chi connectivity index (χ3v) is 7.27. The third kappa shape index (κ3) is 6.18. The molecule has 1 unspecified atom stereocenters. The number of para-hydroxylation sites is 1. The minimum Gasteiger partial charge on any atom is -0.356 e. The maximum absolute atomic E-state index is 13.2. The van der Waals surface area contributed by atoms with Crippen molar-refractivity contribution in [2.24, 2.45) is 5.92 Å². The van der Waals surface area contributed by atoms with Gasteiger partial charge in [-0.05, 0) is 61.5 Å². The summed E-state index contributed by atoms with van der Waals surface area (Å²) < 4.78 is 2.33. The standard InChI is InChI=1S/C31H35N3O.ClH/c1-23-8-7-11-26(18-23)28(19-31(35)33-20-24-14-16-32-17-15-24)29-22-34(21-25-9-3-2-4-10-25)30-13-6-5-12-27(29)30;/h2-13,18,22,24,28,32H,14-17,19-21H2,1H3,(H,33,35);1H. The Morgan fingerprint density at radius 3 is 2.53 bits per heavy atom. The van der Waals surface area contributed by atoms with E-state index in [1.54, 1.807) is 0 Å². The van der Waals surface area contributed by atoms with Crippen LogP contribution in [0, 0.1) is 12.8 Å². The molecule has 1 saturated heterocycles.